The van der Waals surface area contributed by atoms with E-state index in [0.29, 0.717) is 17.7 Å². The summed E-state index contributed by atoms with van der Waals surface area (Å²) in [7, 11) is 0. The van der Waals surface area contributed by atoms with Crippen molar-refractivity contribution in [3.63, 3.8) is 0 Å². The van der Waals surface area contributed by atoms with Gasteiger partial charge in [-0.3, -0.25) is 4.79 Å². The summed E-state index contributed by atoms with van der Waals surface area (Å²) in [5.41, 5.74) is -0.117. The van der Waals surface area contributed by atoms with E-state index < -0.39 is 29.3 Å². The second-order valence-electron chi connectivity index (χ2n) is 6.49. The highest BCUT2D eigenvalue weighted by atomic mass is 19.1. The number of carboxylic acid groups (broad SMARTS) is 1. The van der Waals surface area contributed by atoms with E-state index in [1.165, 1.54) is 30.3 Å². The maximum Gasteiger partial charge on any atom is 0.354 e. The summed E-state index contributed by atoms with van der Waals surface area (Å²) in [5.74, 6) is -1.74. The number of fused-ring (bicyclic) bond motifs is 1. The first-order valence-electron chi connectivity index (χ1n) is 7.75. The molecule has 1 aromatic carbocycles. The highest BCUT2D eigenvalue weighted by Gasteiger charge is 2.35. The van der Waals surface area contributed by atoms with Gasteiger partial charge in [0.25, 0.3) is 5.91 Å². The number of nitrogens with zero attached hydrogens (tertiary/aromatic N) is 1. The summed E-state index contributed by atoms with van der Waals surface area (Å²) in [6.45, 7) is 3.70. The number of carbonyl (C=O) groups excluding carboxylic acids is 1. The van der Waals surface area contributed by atoms with E-state index in [1.54, 1.807) is 6.07 Å². The quantitative estimate of drug-likeness (QED) is 0.894. The molecule has 7 heteroatoms. The Morgan fingerprint density at radius 2 is 2.00 bits per heavy atom. The van der Waals surface area contributed by atoms with Crippen LogP contribution < -0.4 is 10.1 Å². The van der Waals surface area contributed by atoms with Gasteiger partial charge in [0.2, 0.25) is 0 Å². The minimum absolute atomic E-state index is 0.00728. The van der Waals surface area contributed by atoms with Crippen molar-refractivity contribution in [1.29, 1.82) is 0 Å². The Morgan fingerprint density at radius 1 is 1.28 bits per heavy atom. The van der Waals surface area contributed by atoms with Crippen LogP contribution in [0.1, 0.15) is 52.9 Å². The Kier molecular flexibility index (Phi) is 4.16. The first-order valence-corrected chi connectivity index (χ1v) is 7.75. The van der Waals surface area contributed by atoms with E-state index in [4.69, 9.17) is 9.84 Å². The predicted octanol–water partition coefficient (Wildman–Crippen LogP) is 2.95. The number of halogens is 1. The zero-order valence-electron chi connectivity index (χ0n) is 13.7. The van der Waals surface area contributed by atoms with Crippen molar-refractivity contribution in [1.82, 2.24) is 10.3 Å². The Morgan fingerprint density at radius 3 is 2.72 bits per heavy atom. The molecule has 1 aliphatic heterocycles. The van der Waals surface area contributed by atoms with Crippen molar-refractivity contribution < 1.29 is 23.8 Å². The fourth-order valence-corrected chi connectivity index (χ4v) is 2.87. The molecule has 0 saturated carbocycles. The zero-order valence-corrected chi connectivity index (χ0v) is 13.7. The van der Waals surface area contributed by atoms with E-state index in [1.807, 2.05) is 13.8 Å². The van der Waals surface area contributed by atoms with Crippen molar-refractivity contribution in [2.75, 3.05) is 0 Å². The monoisotopic (exact) mass is 344 g/mol. The second kappa shape index (κ2) is 6.16. The van der Waals surface area contributed by atoms with Crippen LogP contribution in [0.2, 0.25) is 0 Å². The van der Waals surface area contributed by atoms with Gasteiger partial charge in [-0.25, -0.2) is 14.2 Å². The number of hydrogen-bond acceptors (Lipinski definition) is 4. The summed E-state index contributed by atoms with van der Waals surface area (Å²) in [6.07, 6.45) is 0.482. The number of nitrogens with one attached hydrogen (secondary N) is 1. The lowest BCUT2D eigenvalue weighted by molar-refractivity contribution is 0.0614. The molecule has 1 amide bonds. The van der Waals surface area contributed by atoms with Gasteiger partial charge in [0.1, 0.15) is 28.6 Å². The number of rotatable bonds is 3. The van der Waals surface area contributed by atoms with Gasteiger partial charge in [0.15, 0.2) is 0 Å². The molecule has 0 aliphatic carbocycles. The van der Waals surface area contributed by atoms with Crippen molar-refractivity contribution in [3.05, 3.63) is 59.2 Å². The molecule has 2 aromatic rings. The highest BCUT2D eigenvalue weighted by molar-refractivity contribution is 5.94. The van der Waals surface area contributed by atoms with E-state index in [2.05, 4.69) is 10.3 Å². The lowest BCUT2D eigenvalue weighted by Gasteiger charge is -2.37. The molecule has 0 bridgehead atoms. The maximum absolute atomic E-state index is 13.5. The smallest absolute Gasteiger partial charge is 0.354 e. The number of ether oxygens (including phenoxy) is 1. The largest absolute Gasteiger partial charge is 0.487 e. The lowest BCUT2D eigenvalue weighted by Crippen LogP contribution is -2.41. The van der Waals surface area contributed by atoms with Gasteiger partial charge in [-0.1, -0.05) is 12.1 Å². The molecule has 130 valence electrons. The van der Waals surface area contributed by atoms with Gasteiger partial charge >= 0.3 is 5.97 Å². The second-order valence-corrected chi connectivity index (χ2v) is 6.49. The minimum atomic E-state index is -1.21. The van der Waals surface area contributed by atoms with Crippen LogP contribution in [-0.2, 0) is 0 Å². The van der Waals surface area contributed by atoms with E-state index in [9.17, 15) is 14.0 Å². The topological polar surface area (TPSA) is 88.5 Å². The van der Waals surface area contributed by atoms with Gasteiger partial charge in [0, 0.05) is 18.1 Å². The fraction of sp³-hybridized carbons (Fsp3) is 0.278. The SMILES string of the molecule is CC1(C)CC(NC(=O)c2cccc(C(=O)O)n2)c2ccc(F)cc2O1. The number of hydrogen-bond donors (Lipinski definition) is 2. The number of amides is 1. The zero-order chi connectivity index (χ0) is 18.2. The molecule has 6 nitrogen and oxygen atoms in total. The Hall–Kier alpha value is -2.96. The lowest BCUT2D eigenvalue weighted by atomic mass is 9.89. The first-order chi connectivity index (χ1) is 11.7. The molecule has 1 aromatic heterocycles. The molecule has 0 spiro atoms. The third-order valence-corrected chi connectivity index (χ3v) is 3.94. The molecular weight excluding hydrogens is 327 g/mol. The van der Waals surface area contributed by atoms with E-state index in [-0.39, 0.29) is 11.4 Å². The average Bonchev–Trinajstić information content (AvgIpc) is 2.53. The molecule has 2 N–H and O–H groups in total. The molecule has 2 heterocycles. The van der Waals surface area contributed by atoms with E-state index in [0.717, 1.165) is 0 Å². The van der Waals surface area contributed by atoms with Crippen molar-refractivity contribution in [2.24, 2.45) is 0 Å². The third kappa shape index (κ3) is 3.60. The summed E-state index contributed by atoms with van der Waals surface area (Å²) in [6, 6.07) is 7.99. The van der Waals surface area contributed by atoms with Crippen molar-refractivity contribution in [3.8, 4) is 5.75 Å². The summed E-state index contributed by atoms with van der Waals surface area (Å²) in [4.78, 5) is 27.3. The van der Waals surface area contributed by atoms with E-state index >= 15 is 0 Å². The van der Waals surface area contributed by atoms with Crippen LogP contribution in [0.15, 0.2) is 36.4 Å². The summed E-state index contributed by atoms with van der Waals surface area (Å²) >= 11 is 0. The molecule has 25 heavy (non-hydrogen) atoms. The number of aromatic nitrogens is 1. The summed E-state index contributed by atoms with van der Waals surface area (Å²) < 4.78 is 19.3. The predicted molar refractivity (Wildman–Crippen MR) is 87.1 cm³/mol. The molecule has 1 atom stereocenters. The normalized spacial score (nSPS) is 18.0. The number of pyridine rings is 1. The van der Waals surface area contributed by atoms with Crippen LogP contribution in [0, 0.1) is 5.82 Å². The molecule has 1 unspecified atom stereocenters. The summed E-state index contributed by atoms with van der Waals surface area (Å²) in [5, 5.41) is 11.8. The van der Waals surface area contributed by atoms with Gasteiger partial charge in [-0.05, 0) is 32.0 Å². The highest BCUT2D eigenvalue weighted by Crippen LogP contribution is 2.39. The van der Waals surface area contributed by atoms with Gasteiger partial charge in [-0.15, -0.1) is 0 Å². The van der Waals surface area contributed by atoms with Crippen LogP contribution in [0.3, 0.4) is 0 Å². The Balaban J connectivity index is 1.88. The van der Waals surface area contributed by atoms with Crippen LogP contribution in [0.5, 0.6) is 5.75 Å². The van der Waals surface area contributed by atoms with Crippen LogP contribution >= 0.6 is 0 Å². The van der Waals surface area contributed by atoms with Gasteiger partial charge < -0.3 is 15.2 Å². The fourth-order valence-electron chi connectivity index (χ4n) is 2.87. The van der Waals surface area contributed by atoms with Crippen LogP contribution in [0.4, 0.5) is 4.39 Å². The average molecular weight is 344 g/mol. The minimum Gasteiger partial charge on any atom is -0.487 e. The number of carbonyl (C=O) groups is 2. The molecular formula is C18H17FN2O4. The Bertz CT molecular complexity index is 851. The number of benzene rings is 1. The first kappa shape index (κ1) is 16.9. The molecule has 0 saturated heterocycles. The third-order valence-electron chi connectivity index (χ3n) is 3.94. The van der Waals surface area contributed by atoms with Gasteiger partial charge in [0.05, 0.1) is 6.04 Å². The number of aromatic carboxylic acids is 1. The Labute approximate surface area is 143 Å². The van der Waals surface area contributed by atoms with Gasteiger partial charge in [-0.2, -0.15) is 0 Å². The number of carboxylic acids is 1. The molecule has 1 aliphatic rings. The van der Waals surface area contributed by atoms with Crippen LogP contribution in [0.25, 0.3) is 0 Å². The maximum atomic E-state index is 13.5. The molecule has 0 fully saturated rings. The molecule has 3 rings (SSSR count). The van der Waals surface area contributed by atoms with Crippen LogP contribution in [-0.4, -0.2) is 27.6 Å². The van der Waals surface area contributed by atoms with Crippen molar-refractivity contribution >= 4 is 11.9 Å². The van der Waals surface area contributed by atoms with Crippen molar-refractivity contribution in [2.45, 2.75) is 31.9 Å². The molecule has 0 radical (unpaired) electrons. The standard InChI is InChI=1S/C18H17FN2O4/c1-18(2)9-14(11-7-6-10(19)8-15(11)25-18)21-16(22)12-4-3-5-13(20-12)17(23)24/h3-8,14H,9H2,1-2H3,(H,21,22)(H,23,24).